The van der Waals surface area contributed by atoms with Gasteiger partial charge in [-0.25, -0.2) is 18.4 Å². The Labute approximate surface area is 183 Å². The van der Waals surface area contributed by atoms with Crippen molar-refractivity contribution in [2.45, 2.75) is 18.0 Å². The van der Waals surface area contributed by atoms with Gasteiger partial charge in [-0.2, -0.15) is 4.80 Å². The fourth-order valence-corrected chi connectivity index (χ4v) is 3.45. The lowest BCUT2D eigenvalue weighted by molar-refractivity contribution is 0.0946. The molecular formula is C20H18N8O3S. The topological polar surface area (TPSA) is 146 Å². The Bertz CT molecular complexity index is 1340. The highest BCUT2D eigenvalue weighted by Gasteiger charge is 2.13. The zero-order valence-electron chi connectivity index (χ0n) is 17.0. The van der Waals surface area contributed by atoms with Crippen LogP contribution in [0.5, 0.6) is 0 Å². The molecule has 3 heterocycles. The molecular weight excluding hydrogens is 432 g/mol. The Kier molecular flexibility index (Phi) is 5.94. The molecule has 11 nitrogen and oxygen atoms in total. The Morgan fingerprint density at radius 2 is 1.81 bits per heavy atom. The lowest BCUT2D eigenvalue weighted by atomic mass is 10.2. The van der Waals surface area contributed by atoms with Crippen LogP contribution in [0, 0.1) is 0 Å². The molecule has 0 saturated carbocycles. The van der Waals surface area contributed by atoms with Crippen molar-refractivity contribution in [3.8, 4) is 11.4 Å². The fourth-order valence-electron chi connectivity index (χ4n) is 2.82. The number of hydrogen-bond acceptors (Lipinski definition) is 9. The molecule has 0 atom stereocenters. The van der Waals surface area contributed by atoms with Gasteiger partial charge in [0.05, 0.1) is 11.4 Å². The number of tetrazole rings is 1. The summed E-state index contributed by atoms with van der Waals surface area (Å²) < 4.78 is 23.1. The molecule has 0 unspecified atom stereocenters. The van der Waals surface area contributed by atoms with Crippen LogP contribution in [-0.2, 0) is 22.9 Å². The number of sulfone groups is 1. The molecule has 4 rings (SSSR count). The number of carbonyl (C=O) groups is 1. The standard InChI is InChI=1S/C20H18N8O3S/c1-32(30,31)17-4-2-14(3-5-17)12-28-26-19(25-27-28)16-6-7-23-18(8-16)20(29)24-11-15-9-21-13-22-10-15/h2-10,13H,11-12H2,1H3,(H,24,29). The number of benzene rings is 1. The molecule has 0 radical (unpaired) electrons. The zero-order chi connectivity index (χ0) is 22.6. The van der Waals surface area contributed by atoms with E-state index in [-0.39, 0.29) is 23.0 Å². The van der Waals surface area contributed by atoms with Crippen LogP contribution in [-0.4, -0.2) is 55.7 Å². The fraction of sp³-hybridized carbons (Fsp3) is 0.150. The summed E-state index contributed by atoms with van der Waals surface area (Å²) >= 11 is 0. The van der Waals surface area contributed by atoms with E-state index in [1.54, 1.807) is 36.7 Å². The lowest BCUT2D eigenvalue weighted by Crippen LogP contribution is -2.23. The molecule has 0 aliphatic heterocycles. The molecule has 162 valence electrons. The monoisotopic (exact) mass is 450 g/mol. The molecule has 0 bridgehead atoms. The molecule has 4 aromatic rings. The number of pyridine rings is 1. The smallest absolute Gasteiger partial charge is 0.270 e. The summed E-state index contributed by atoms with van der Waals surface area (Å²) in [5.74, 6) is -0.0141. The third-order valence-corrected chi connectivity index (χ3v) is 5.57. The predicted molar refractivity (Wildman–Crippen MR) is 113 cm³/mol. The highest BCUT2D eigenvalue weighted by molar-refractivity contribution is 7.90. The first-order chi connectivity index (χ1) is 15.4. The number of amides is 1. The highest BCUT2D eigenvalue weighted by atomic mass is 32.2. The highest BCUT2D eigenvalue weighted by Crippen LogP contribution is 2.15. The molecule has 0 saturated heterocycles. The summed E-state index contributed by atoms with van der Waals surface area (Å²) in [5, 5.41) is 15.2. The van der Waals surface area contributed by atoms with E-state index in [1.807, 2.05) is 0 Å². The third-order valence-electron chi connectivity index (χ3n) is 4.45. The van der Waals surface area contributed by atoms with E-state index in [4.69, 9.17) is 0 Å². The molecule has 32 heavy (non-hydrogen) atoms. The second-order valence-electron chi connectivity index (χ2n) is 6.92. The minimum absolute atomic E-state index is 0.215. The van der Waals surface area contributed by atoms with Gasteiger partial charge in [-0.3, -0.25) is 9.78 Å². The Hall–Kier alpha value is -4.06. The van der Waals surface area contributed by atoms with Gasteiger partial charge in [0.25, 0.3) is 5.91 Å². The molecule has 1 aromatic carbocycles. The van der Waals surface area contributed by atoms with Crippen LogP contribution in [0.25, 0.3) is 11.4 Å². The quantitative estimate of drug-likeness (QED) is 0.434. The van der Waals surface area contributed by atoms with Gasteiger partial charge in [0.15, 0.2) is 9.84 Å². The van der Waals surface area contributed by atoms with Crippen LogP contribution in [0.2, 0.25) is 0 Å². The predicted octanol–water partition coefficient (Wildman–Crippen LogP) is 0.907. The molecule has 0 aliphatic rings. The average Bonchev–Trinajstić information content (AvgIpc) is 3.26. The van der Waals surface area contributed by atoms with Gasteiger partial charge in [-0.1, -0.05) is 12.1 Å². The van der Waals surface area contributed by atoms with E-state index >= 15 is 0 Å². The summed E-state index contributed by atoms with van der Waals surface area (Å²) in [6.45, 7) is 0.590. The maximum absolute atomic E-state index is 12.4. The van der Waals surface area contributed by atoms with Crippen molar-refractivity contribution in [1.82, 2.24) is 40.5 Å². The lowest BCUT2D eigenvalue weighted by Gasteiger charge is -2.05. The van der Waals surface area contributed by atoms with Gasteiger partial charge in [0.2, 0.25) is 5.82 Å². The van der Waals surface area contributed by atoms with E-state index in [0.717, 1.165) is 17.4 Å². The Balaban J connectivity index is 1.44. The number of aromatic nitrogens is 7. The van der Waals surface area contributed by atoms with Crippen LogP contribution in [0.15, 0.2) is 66.2 Å². The van der Waals surface area contributed by atoms with E-state index in [0.29, 0.717) is 17.9 Å². The van der Waals surface area contributed by atoms with Gasteiger partial charge >= 0.3 is 0 Å². The molecule has 12 heteroatoms. The minimum Gasteiger partial charge on any atom is -0.347 e. The molecule has 3 aromatic heterocycles. The Morgan fingerprint density at radius 1 is 1.06 bits per heavy atom. The van der Waals surface area contributed by atoms with Crippen LogP contribution < -0.4 is 5.32 Å². The van der Waals surface area contributed by atoms with Gasteiger partial charge in [0.1, 0.15) is 12.0 Å². The van der Waals surface area contributed by atoms with Gasteiger partial charge < -0.3 is 5.32 Å². The van der Waals surface area contributed by atoms with Crippen molar-refractivity contribution in [1.29, 1.82) is 0 Å². The maximum Gasteiger partial charge on any atom is 0.270 e. The van der Waals surface area contributed by atoms with Gasteiger partial charge in [-0.15, -0.1) is 10.2 Å². The van der Waals surface area contributed by atoms with Crippen molar-refractivity contribution in [3.63, 3.8) is 0 Å². The summed E-state index contributed by atoms with van der Waals surface area (Å²) in [5.41, 5.74) is 2.39. The molecule has 1 amide bonds. The van der Waals surface area contributed by atoms with E-state index in [2.05, 4.69) is 35.7 Å². The number of carbonyl (C=O) groups excluding carboxylic acids is 1. The van der Waals surface area contributed by atoms with Crippen molar-refractivity contribution < 1.29 is 13.2 Å². The van der Waals surface area contributed by atoms with E-state index in [9.17, 15) is 13.2 Å². The number of nitrogens with zero attached hydrogens (tertiary/aromatic N) is 7. The van der Waals surface area contributed by atoms with Crippen LogP contribution >= 0.6 is 0 Å². The van der Waals surface area contributed by atoms with Crippen molar-refractivity contribution in [3.05, 3.63) is 78.1 Å². The average molecular weight is 450 g/mol. The minimum atomic E-state index is -3.25. The summed E-state index contributed by atoms with van der Waals surface area (Å²) in [7, 11) is -3.25. The first kappa shape index (κ1) is 21.2. The first-order valence-corrected chi connectivity index (χ1v) is 11.3. The first-order valence-electron chi connectivity index (χ1n) is 9.44. The largest absolute Gasteiger partial charge is 0.347 e. The third kappa shape index (κ3) is 5.16. The Morgan fingerprint density at radius 3 is 2.53 bits per heavy atom. The second-order valence-corrected chi connectivity index (χ2v) is 8.93. The summed E-state index contributed by atoms with van der Waals surface area (Å²) in [6.07, 6.45) is 7.32. The van der Waals surface area contributed by atoms with Crippen molar-refractivity contribution >= 4 is 15.7 Å². The second kappa shape index (κ2) is 8.98. The van der Waals surface area contributed by atoms with Crippen molar-refractivity contribution in [2.24, 2.45) is 0 Å². The van der Waals surface area contributed by atoms with Gasteiger partial charge in [0, 0.05) is 42.5 Å². The van der Waals surface area contributed by atoms with Crippen LogP contribution in [0.3, 0.4) is 0 Å². The van der Waals surface area contributed by atoms with Crippen molar-refractivity contribution in [2.75, 3.05) is 6.26 Å². The molecule has 0 aliphatic carbocycles. The van der Waals surface area contributed by atoms with E-state index < -0.39 is 9.84 Å². The zero-order valence-corrected chi connectivity index (χ0v) is 17.8. The maximum atomic E-state index is 12.4. The molecule has 0 fully saturated rings. The summed E-state index contributed by atoms with van der Waals surface area (Å²) in [6, 6.07) is 9.75. The van der Waals surface area contributed by atoms with Gasteiger partial charge in [-0.05, 0) is 35.0 Å². The van der Waals surface area contributed by atoms with E-state index in [1.165, 1.54) is 29.5 Å². The van der Waals surface area contributed by atoms with Crippen LogP contribution in [0.1, 0.15) is 21.6 Å². The number of rotatable bonds is 7. The summed E-state index contributed by atoms with van der Waals surface area (Å²) in [4.78, 5) is 26.0. The van der Waals surface area contributed by atoms with Crippen LogP contribution in [0.4, 0.5) is 0 Å². The normalized spacial score (nSPS) is 11.3. The molecule has 1 N–H and O–H groups in total. The number of hydrogen-bond donors (Lipinski definition) is 1. The molecule has 0 spiro atoms. The number of nitrogens with one attached hydrogen (secondary N) is 1. The SMILES string of the molecule is CS(=O)(=O)c1ccc(Cn2nnc(-c3ccnc(C(=O)NCc4cncnc4)c3)n2)cc1.